The second-order valence-electron chi connectivity index (χ2n) is 6.18. The van der Waals surface area contributed by atoms with Gasteiger partial charge >= 0.3 is 0 Å². The van der Waals surface area contributed by atoms with E-state index in [9.17, 15) is 4.79 Å². The van der Waals surface area contributed by atoms with Crippen molar-refractivity contribution in [2.45, 2.75) is 18.9 Å². The van der Waals surface area contributed by atoms with Gasteiger partial charge in [0, 0.05) is 23.7 Å². The van der Waals surface area contributed by atoms with Gasteiger partial charge in [-0.15, -0.1) is 11.3 Å². The number of nitrogens with one attached hydrogen (secondary N) is 1. The van der Waals surface area contributed by atoms with E-state index in [1.165, 1.54) is 11.3 Å². The Hall–Kier alpha value is -2.77. The highest BCUT2D eigenvalue weighted by Gasteiger charge is 2.16. The first-order valence-corrected chi connectivity index (χ1v) is 9.69. The van der Waals surface area contributed by atoms with Crippen molar-refractivity contribution < 1.29 is 14.3 Å². The van der Waals surface area contributed by atoms with Gasteiger partial charge in [0.05, 0.1) is 11.8 Å². The first-order valence-electron chi connectivity index (χ1n) is 8.81. The molecule has 0 saturated carbocycles. The molecular formula is C20H19N3O3S. The summed E-state index contributed by atoms with van der Waals surface area (Å²) in [4.78, 5) is 21.1. The Balaban J connectivity index is 1.35. The van der Waals surface area contributed by atoms with Crippen LogP contribution in [0.1, 0.15) is 23.2 Å². The summed E-state index contributed by atoms with van der Waals surface area (Å²) >= 11 is 1.37. The minimum Gasteiger partial charge on any atom is -0.491 e. The van der Waals surface area contributed by atoms with Crippen LogP contribution in [0.3, 0.4) is 0 Å². The minimum absolute atomic E-state index is 0.172. The highest BCUT2D eigenvalue weighted by Crippen LogP contribution is 2.24. The Bertz CT molecular complexity index is 890. The predicted molar refractivity (Wildman–Crippen MR) is 104 cm³/mol. The Morgan fingerprint density at radius 1 is 1.22 bits per heavy atom. The van der Waals surface area contributed by atoms with E-state index in [1.807, 2.05) is 23.6 Å². The molecule has 1 aliphatic heterocycles. The fraction of sp³-hybridized carbons (Fsp3) is 0.250. The number of thiazole rings is 1. The van der Waals surface area contributed by atoms with Crippen LogP contribution in [0.2, 0.25) is 0 Å². The van der Waals surface area contributed by atoms with E-state index >= 15 is 0 Å². The number of aromatic nitrogens is 2. The number of hydrogen-bond acceptors (Lipinski definition) is 6. The topological polar surface area (TPSA) is 73.3 Å². The van der Waals surface area contributed by atoms with Crippen LogP contribution in [0.15, 0.2) is 54.0 Å². The maximum Gasteiger partial charge on any atom is 0.257 e. The van der Waals surface area contributed by atoms with E-state index in [2.05, 4.69) is 15.3 Å². The van der Waals surface area contributed by atoms with Crippen molar-refractivity contribution in [3.63, 3.8) is 0 Å². The van der Waals surface area contributed by atoms with E-state index in [0.717, 1.165) is 36.6 Å². The van der Waals surface area contributed by atoms with E-state index in [4.69, 9.17) is 9.47 Å². The van der Waals surface area contributed by atoms with E-state index in [0.29, 0.717) is 17.3 Å². The van der Waals surface area contributed by atoms with Gasteiger partial charge in [0.2, 0.25) is 0 Å². The molecule has 1 N–H and O–H groups in total. The number of rotatable bonds is 6. The summed E-state index contributed by atoms with van der Waals surface area (Å²) in [7, 11) is 0. The van der Waals surface area contributed by atoms with Crippen molar-refractivity contribution in [1.29, 1.82) is 0 Å². The highest BCUT2D eigenvalue weighted by molar-refractivity contribution is 7.14. The molecular weight excluding hydrogens is 362 g/mol. The number of carbonyl (C=O) groups excluding carboxylic acids is 1. The molecule has 6 nitrogen and oxygen atoms in total. The summed E-state index contributed by atoms with van der Waals surface area (Å²) in [6, 6.07) is 12.7. The zero-order valence-corrected chi connectivity index (χ0v) is 15.4. The third-order valence-electron chi connectivity index (χ3n) is 4.23. The van der Waals surface area contributed by atoms with Gasteiger partial charge < -0.3 is 9.47 Å². The van der Waals surface area contributed by atoms with Gasteiger partial charge in [0.1, 0.15) is 18.1 Å². The fourth-order valence-corrected chi connectivity index (χ4v) is 3.50. The minimum atomic E-state index is -0.206. The summed E-state index contributed by atoms with van der Waals surface area (Å²) in [6.45, 7) is 1.35. The van der Waals surface area contributed by atoms with Crippen LogP contribution in [0.4, 0.5) is 5.13 Å². The van der Waals surface area contributed by atoms with Crippen molar-refractivity contribution in [3.05, 3.63) is 59.6 Å². The third-order valence-corrected chi connectivity index (χ3v) is 4.99. The van der Waals surface area contributed by atoms with Gasteiger partial charge in [-0.3, -0.25) is 15.1 Å². The molecule has 2 aromatic heterocycles. The number of anilines is 1. The van der Waals surface area contributed by atoms with Crippen molar-refractivity contribution >= 4 is 22.4 Å². The second-order valence-corrected chi connectivity index (χ2v) is 7.04. The molecule has 1 atom stereocenters. The molecule has 1 amide bonds. The maximum atomic E-state index is 12.4. The van der Waals surface area contributed by atoms with Crippen molar-refractivity contribution in [1.82, 2.24) is 9.97 Å². The average molecular weight is 381 g/mol. The molecule has 0 spiro atoms. The number of benzene rings is 1. The van der Waals surface area contributed by atoms with Crippen LogP contribution in [0, 0.1) is 0 Å². The summed E-state index contributed by atoms with van der Waals surface area (Å²) in [5, 5.41) is 5.24. The van der Waals surface area contributed by atoms with Crippen LogP contribution in [-0.4, -0.2) is 35.2 Å². The number of ether oxygens (including phenoxy) is 2. The average Bonchev–Trinajstić information content (AvgIpc) is 3.39. The molecule has 7 heteroatoms. The van der Waals surface area contributed by atoms with Crippen LogP contribution in [0.5, 0.6) is 5.75 Å². The van der Waals surface area contributed by atoms with Crippen molar-refractivity contribution in [2.24, 2.45) is 0 Å². The summed E-state index contributed by atoms with van der Waals surface area (Å²) in [5.74, 6) is 0.524. The lowest BCUT2D eigenvalue weighted by molar-refractivity contribution is 0.0679. The van der Waals surface area contributed by atoms with Crippen LogP contribution < -0.4 is 10.1 Å². The van der Waals surface area contributed by atoms with Crippen LogP contribution in [-0.2, 0) is 4.74 Å². The van der Waals surface area contributed by atoms with Gasteiger partial charge in [-0.2, -0.15) is 0 Å². The van der Waals surface area contributed by atoms with Crippen molar-refractivity contribution in [2.75, 3.05) is 18.5 Å². The van der Waals surface area contributed by atoms with Gasteiger partial charge in [0.25, 0.3) is 5.91 Å². The molecule has 3 aromatic rings. The normalized spacial score (nSPS) is 16.2. The number of nitrogens with zero attached hydrogens (tertiary/aromatic N) is 2. The molecule has 0 radical (unpaired) electrons. The quantitative estimate of drug-likeness (QED) is 0.698. The van der Waals surface area contributed by atoms with Crippen LogP contribution in [0.25, 0.3) is 11.4 Å². The Morgan fingerprint density at radius 3 is 2.85 bits per heavy atom. The van der Waals surface area contributed by atoms with Gasteiger partial charge in [-0.05, 0) is 49.2 Å². The fourth-order valence-electron chi connectivity index (χ4n) is 2.80. The molecule has 138 valence electrons. The van der Waals surface area contributed by atoms with Gasteiger partial charge in [-0.1, -0.05) is 6.07 Å². The summed E-state index contributed by atoms with van der Waals surface area (Å²) < 4.78 is 11.3. The second kappa shape index (κ2) is 8.28. The van der Waals surface area contributed by atoms with Crippen LogP contribution >= 0.6 is 11.3 Å². The first-order chi connectivity index (χ1) is 13.3. The van der Waals surface area contributed by atoms with Gasteiger partial charge in [0.15, 0.2) is 5.13 Å². The molecule has 27 heavy (non-hydrogen) atoms. The smallest absolute Gasteiger partial charge is 0.257 e. The third kappa shape index (κ3) is 4.50. The maximum absolute atomic E-state index is 12.4. The van der Waals surface area contributed by atoms with E-state index in [1.54, 1.807) is 30.5 Å². The molecule has 1 unspecified atom stereocenters. The zero-order valence-electron chi connectivity index (χ0n) is 14.6. The molecule has 1 saturated heterocycles. The SMILES string of the molecule is O=C(Nc1nc(-c2ccccn2)cs1)c1ccc(OCC2CCCO2)cc1. The number of hydrogen-bond donors (Lipinski definition) is 1. The van der Waals surface area contributed by atoms with E-state index < -0.39 is 0 Å². The monoisotopic (exact) mass is 381 g/mol. The molecule has 1 fully saturated rings. The number of carbonyl (C=O) groups is 1. The molecule has 1 aromatic carbocycles. The lowest BCUT2D eigenvalue weighted by Crippen LogP contribution is -2.16. The standard InChI is InChI=1S/C20H19N3O3S/c24-19(23-20-22-18(13-27-20)17-5-1-2-10-21-17)14-6-8-15(9-7-14)26-12-16-4-3-11-25-16/h1-2,5-10,13,16H,3-4,11-12H2,(H,22,23,24). The highest BCUT2D eigenvalue weighted by atomic mass is 32.1. The van der Waals surface area contributed by atoms with E-state index in [-0.39, 0.29) is 12.0 Å². The Labute approximate surface area is 161 Å². The van der Waals surface area contributed by atoms with Gasteiger partial charge in [-0.25, -0.2) is 4.98 Å². The Kier molecular flexibility index (Phi) is 5.41. The molecule has 1 aliphatic rings. The molecule has 0 aliphatic carbocycles. The summed E-state index contributed by atoms with van der Waals surface area (Å²) in [5.41, 5.74) is 2.07. The Morgan fingerprint density at radius 2 is 2.11 bits per heavy atom. The molecule has 4 rings (SSSR count). The van der Waals surface area contributed by atoms with Crippen molar-refractivity contribution in [3.8, 4) is 17.1 Å². The number of pyridine rings is 1. The molecule has 0 bridgehead atoms. The number of amides is 1. The lowest BCUT2D eigenvalue weighted by atomic mass is 10.2. The summed E-state index contributed by atoms with van der Waals surface area (Å²) in [6.07, 6.45) is 4.02. The molecule has 3 heterocycles. The predicted octanol–water partition coefficient (Wildman–Crippen LogP) is 4.02. The first kappa shape index (κ1) is 17.6. The zero-order chi connectivity index (χ0) is 18.5. The lowest BCUT2D eigenvalue weighted by Gasteiger charge is -2.11. The largest absolute Gasteiger partial charge is 0.491 e.